The molecule has 0 spiro atoms. The first-order valence-electron chi connectivity index (χ1n) is 19.3. The van der Waals surface area contributed by atoms with Crippen molar-refractivity contribution in [1.82, 2.24) is 0 Å². The van der Waals surface area contributed by atoms with Crippen molar-refractivity contribution in [3.05, 3.63) is 166 Å². The van der Waals surface area contributed by atoms with Crippen LogP contribution >= 0.6 is 17.0 Å². The molecule has 0 aliphatic heterocycles. The van der Waals surface area contributed by atoms with Crippen molar-refractivity contribution < 1.29 is 27.4 Å². The van der Waals surface area contributed by atoms with Crippen LogP contribution in [0, 0.1) is 13.8 Å². The Hall–Kier alpha value is -3.40. The summed E-state index contributed by atoms with van der Waals surface area (Å²) in [5.41, 5.74) is 15.5. The molecule has 0 saturated carbocycles. The van der Waals surface area contributed by atoms with Gasteiger partial charge in [-0.3, -0.25) is 0 Å². The van der Waals surface area contributed by atoms with Gasteiger partial charge in [0.25, 0.3) is 0 Å². The number of furan rings is 2. The van der Waals surface area contributed by atoms with Gasteiger partial charge < -0.3 is 0 Å². The van der Waals surface area contributed by atoms with Crippen molar-refractivity contribution >= 4 is 46.2 Å². The van der Waals surface area contributed by atoms with Crippen molar-refractivity contribution in [2.24, 2.45) is 0 Å². The quantitative estimate of drug-likeness (QED) is 0.121. The summed E-state index contributed by atoms with van der Waals surface area (Å²) in [7, 11) is 14.6. The van der Waals surface area contributed by atoms with Gasteiger partial charge in [0.2, 0.25) is 0 Å². The van der Waals surface area contributed by atoms with Gasteiger partial charge in [-0.15, -0.1) is 0 Å². The molecule has 2 nitrogen and oxygen atoms in total. The summed E-state index contributed by atoms with van der Waals surface area (Å²) in [6.45, 7) is 13.0. The van der Waals surface area contributed by atoms with Crippen molar-refractivity contribution in [3.8, 4) is 22.3 Å². The Bertz CT molecular complexity index is 2200. The number of rotatable bonds is 11. The molecule has 4 aromatic carbocycles. The summed E-state index contributed by atoms with van der Waals surface area (Å²) in [5, 5.41) is 0. The van der Waals surface area contributed by atoms with E-state index in [1.807, 2.05) is 13.8 Å². The maximum absolute atomic E-state index is 7.32. The van der Waals surface area contributed by atoms with Gasteiger partial charge in [0.15, 0.2) is 0 Å². The summed E-state index contributed by atoms with van der Waals surface area (Å²) in [4.78, 5) is 0. The topological polar surface area (TPSA) is 26.3 Å². The predicted octanol–water partition coefficient (Wildman–Crippen LogP) is 14.7. The van der Waals surface area contributed by atoms with Crippen molar-refractivity contribution in [3.63, 3.8) is 0 Å². The molecule has 54 heavy (non-hydrogen) atoms. The van der Waals surface area contributed by atoms with Crippen molar-refractivity contribution in [1.29, 1.82) is 0 Å². The zero-order valence-corrected chi connectivity index (χ0v) is 37.0. The van der Waals surface area contributed by atoms with Crippen LogP contribution in [0.4, 0.5) is 0 Å². The summed E-state index contributed by atoms with van der Waals surface area (Å²) < 4.78 is 12.7. The van der Waals surface area contributed by atoms with Gasteiger partial charge in [-0.25, -0.2) is 0 Å². The van der Waals surface area contributed by atoms with E-state index in [1.165, 1.54) is 66.8 Å². The van der Waals surface area contributed by atoms with Crippen LogP contribution in [-0.4, -0.2) is 5.92 Å². The van der Waals surface area contributed by atoms with Crippen molar-refractivity contribution in [2.45, 2.75) is 77.3 Å². The molecule has 273 valence electrons. The molecule has 2 aromatic heterocycles. The second-order valence-electron chi connectivity index (χ2n) is 15.8. The number of benzene rings is 4. The third kappa shape index (κ3) is 7.33. The van der Waals surface area contributed by atoms with Crippen LogP contribution in [0.5, 0.6) is 0 Å². The van der Waals surface area contributed by atoms with Gasteiger partial charge in [-0.1, -0.05) is 0 Å². The monoisotopic (exact) mass is 843 g/mol. The van der Waals surface area contributed by atoms with Gasteiger partial charge >= 0.3 is 339 Å². The second kappa shape index (κ2) is 15.6. The van der Waals surface area contributed by atoms with E-state index in [-0.39, 0.29) is 11.8 Å². The fourth-order valence-corrected chi connectivity index (χ4v) is 23.7. The minimum absolute atomic E-state index is 0.176. The Morgan fingerprint density at radius 2 is 0.963 bits per heavy atom. The first-order valence-corrected chi connectivity index (χ1v) is 32.1. The minimum atomic E-state index is -2.74. The summed E-state index contributed by atoms with van der Waals surface area (Å²) in [6, 6.07) is 42.2. The molecule has 0 N–H and O–H groups in total. The first-order chi connectivity index (χ1) is 26.0. The Morgan fingerprint density at radius 1 is 0.556 bits per heavy atom. The predicted molar refractivity (Wildman–Crippen MR) is 229 cm³/mol. The molecule has 2 unspecified atom stereocenters. The number of hydrogen-bond acceptors (Lipinski definition) is 2. The molecule has 0 saturated heterocycles. The number of fused-ring (bicyclic) bond motifs is 2. The van der Waals surface area contributed by atoms with E-state index in [2.05, 4.69) is 149 Å². The number of aryl methyl sites for hydroxylation is 2. The van der Waals surface area contributed by atoms with Crippen LogP contribution in [0.25, 0.3) is 45.6 Å². The van der Waals surface area contributed by atoms with E-state index in [4.69, 9.17) is 25.9 Å². The third-order valence-corrected chi connectivity index (χ3v) is 33.2. The van der Waals surface area contributed by atoms with E-state index in [9.17, 15) is 0 Å². The standard InChI is InChI=1S/C48H47O2Si.2ClH.Zr/c1-29(2)33-15-19-35(20-16-33)37-9-7-11-39-41(37)25-43(47-23-13-31(5)49-47)45(39)27-51-28-46-40-12-8-10-38(36-21-17-34(18-22-36)30(3)4)42(40)26-44(46)48-24-14-32(6)50-48;;;/h7-26,29-30,45-46,51H,27-28H2,1-6H3;2*1H;/q;;;+2/p-2. The molecule has 2 heterocycles. The van der Waals surface area contributed by atoms with E-state index in [0.29, 0.717) is 11.8 Å². The van der Waals surface area contributed by atoms with Gasteiger partial charge in [-0.05, 0) is 0 Å². The number of allylic oxidation sites excluding steroid dienone is 2. The number of hydrogen-bond donors (Lipinski definition) is 0. The molecule has 0 fully saturated rings. The molecule has 0 bridgehead atoms. The maximum atomic E-state index is 7.32. The Kier molecular flexibility index (Phi) is 10.9. The Balaban J connectivity index is 1.18. The molecule has 6 heteroatoms. The van der Waals surface area contributed by atoms with Crippen LogP contribution in [0.1, 0.15) is 108 Å². The molecule has 2 atom stereocenters. The van der Waals surface area contributed by atoms with Gasteiger partial charge in [0.1, 0.15) is 0 Å². The summed E-state index contributed by atoms with van der Waals surface area (Å²) >= 11 is -2.74. The first kappa shape index (κ1) is 37.5. The third-order valence-electron chi connectivity index (χ3n) is 11.6. The fourth-order valence-electron chi connectivity index (χ4n) is 8.56. The molecular formula is C48H47Cl2O2SiZr. The average molecular weight is 846 g/mol. The normalized spacial score (nSPS) is 16.8. The molecular weight excluding hydrogens is 799 g/mol. The van der Waals surface area contributed by atoms with E-state index in [1.54, 1.807) is 0 Å². The second-order valence-corrected chi connectivity index (χ2v) is 39.2. The van der Waals surface area contributed by atoms with E-state index < -0.39 is 24.4 Å². The van der Waals surface area contributed by atoms with Crippen LogP contribution in [-0.2, 0) is 18.5 Å². The molecule has 6 aromatic rings. The summed E-state index contributed by atoms with van der Waals surface area (Å²) in [6.07, 6.45) is 4.78. The Morgan fingerprint density at radius 3 is 1.30 bits per heavy atom. The van der Waals surface area contributed by atoms with Gasteiger partial charge in [0.05, 0.1) is 0 Å². The summed E-state index contributed by atoms with van der Waals surface area (Å²) in [5.74, 6) is 3.38. The van der Waals surface area contributed by atoms with Gasteiger partial charge in [-0.2, -0.15) is 0 Å². The van der Waals surface area contributed by atoms with E-state index in [0.717, 1.165) is 35.1 Å². The fraction of sp³-hybridized carbons (Fsp3) is 0.250. The zero-order chi connectivity index (χ0) is 37.7. The molecule has 0 amide bonds. The number of halogens is 2. The Labute approximate surface area is 336 Å². The van der Waals surface area contributed by atoms with Crippen LogP contribution in [0.3, 0.4) is 0 Å². The molecule has 8 rings (SSSR count). The van der Waals surface area contributed by atoms with Crippen LogP contribution in [0.2, 0.25) is 12.1 Å². The molecule has 2 aliphatic carbocycles. The van der Waals surface area contributed by atoms with Crippen molar-refractivity contribution in [2.75, 3.05) is 0 Å². The zero-order valence-electron chi connectivity index (χ0n) is 31.9. The average Bonchev–Trinajstić information content (AvgIpc) is 3.96. The SMILES string of the molecule is Cc1ccc(C2=Cc3c(-c4ccc(C(C)C)cc4)cccc3C2C[SiH](CC2C(c3ccc(C)o3)=Cc3c(-c4ccc(C(C)C)cc4)cccc32)[Zr]([Cl])[Cl])o1. The molecule has 0 radical (unpaired) electrons. The molecule has 2 aliphatic rings. The van der Waals surface area contributed by atoms with Crippen LogP contribution < -0.4 is 0 Å². The van der Waals surface area contributed by atoms with E-state index >= 15 is 0 Å². The van der Waals surface area contributed by atoms with Gasteiger partial charge in [0, 0.05) is 0 Å². The van der Waals surface area contributed by atoms with Crippen LogP contribution in [0.15, 0.2) is 118 Å².